The number of halogens is 2. The predicted octanol–water partition coefficient (Wildman–Crippen LogP) is 1.43. The number of carbonyl (C=O) groups excluding carboxylic acids is 1. The van der Waals surface area contributed by atoms with Crippen LogP contribution in [0.25, 0.3) is 11.3 Å². The van der Waals surface area contributed by atoms with E-state index in [0.29, 0.717) is 33.6 Å². The van der Waals surface area contributed by atoms with Gasteiger partial charge in [-0.05, 0) is 28.7 Å². The molecule has 0 saturated carbocycles. The number of nitrogens with zero attached hydrogens (tertiary/aromatic N) is 3. The van der Waals surface area contributed by atoms with Gasteiger partial charge in [-0.2, -0.15) is 5.10 Å². The van der Waals surface area contributed by atoms with Crippen molar-refractivity contribution in [3.8, 4) is 11.3 Å². The van der Waals surface area contributed by atoms with Gasteiger partial charge >= 0.3 is 0 Å². The highest BCUT2D eigenvalue weighted by atomic mass is 127. The summed E-state index contributed by atoms with van der Waals surface area (Å²) in [7, 11) is 0. The quantitative estimate of drug-likeness (QED) is 0.785. The van der Waals surface area contributed by atoms with E-state index in [4.69, 9.17) is 0 Å². The van der Waals surface area contributed by atoms with Crippen molar-refractivity contribution in [3.05, 3.63) is 33.5 Å². The molecule has 0 radical (unpaired) electrons. The third-order valence-electron chi connectivity index (χ3n) is 2.75. The lowest BCUT2D eigenvalue weighted by Gasteiger charge is -2.13. The summed E-state index contributed by atoms with van der Waals surface area (Å²) >= 11 is 2.02. The van der Waals surface area contributed by atoms with E-state index in [1.165, 1.54) is 6.20 Å². The van der Waals surface area contributed by atoms with E-state index >= 15 is 0 Å². The number of hydrogen-bond acceptors (Lipinski definition) is 3. The minimum absolute atomic E-state index is 0.168. The Morgan fingerprint density at radius 1 is 1.50 bits per heavy atom. The molecular formula is C11H8FIN4O. The van der Waals surface area contributed by atoms with E-state index in [1.807, 2.05) is 22.6 Å². The monoisotopic (exact) mass is 358 g/mol. The fourth-order valence-corrected chi connectivity index (χ4v) is 2.84. The third-order valence-corrected chi connectivity index (χ3v) is 3.77. The van der Waals surface area contributed by atoms with E-state index in [1.54, 1.807) is 10.7 Å². The largest absolute Gasteiger partial charge is 0.349 e. The molecule has 0 saturated heterocycles. The Labute approximate surface area is 116 Å². The van der Waals surface area contributed by atoms with Gasteiger partial charge in [-0.25, -0.2) is 4.39 Å². The lowest BCUT2D eigenvalue weighted by molar-refractivity contribution is 0.0923. The van der Waals surface area contributed by atoms with Crippen LogP contribution >= 0.6 is 22.6 Å². The first-order valence-electron chi connectivity index (χ1n) is 5.33. The highest BCUT2D eigenvalue weighted by molar-refractivity contribution is 14.1. The van der Waals surface area contributed by atoms with Crippen LogP contribution in [0.3, 0.4) is 0 Å². The summed E-state index contributed by atoms with van der Waals surface area (Å²) in [5.41, 5.74) is 1.35. The molecule has 0 fully saturated rings. The molecule has 0 aromatic carbocycles. The van der Waals surface area contributed by atoms with Gasteiger partial charge in [-0.15, -0.1) is 0 Å². The molecule has 3 heterocycles. The topological polar surface area (TPSA) is 59.8 Å². The Bertz CT molecular complexity index is 640. The zero-order chi connectivity index (χ0) is 12.7. The number of amides is 1. The van der Waals surface area contributed by atoms with Gasteiger partial charge in [0.2, 0.25) is 0 Å². The van der Waals surface area contributed by atoms with Crippen LogP contribution in [0.5, 0.6) is 0 Å². The van der Waals surface area contributed by atoms with Gasteiger partial charge in [0.15, 0.2) is 5.82 Å². The smallest absolute Gasteiger partial charge is 0.270 e. The second kappa shape index (κ2) is 4.30. The van der Waals surface area contributed by atoms with Crippen LogP contribution in [0.15, 0.2) is 18.5 Å². The molecule has 0 spiro atoms. The van der Waals surface area contributed by atoms with Crippen LogP contribution in [-0.4, -0.2) is 27.2 Å². The Morgan fingerprint density at radius 3 is 3.06 bits per heavy atom. The summed E-state index contributed by atoms with van der Waals surface area (Å²) in [5.74, 6) is -0.606. The van der Waals surface area contributed by atoms with E-state index < -0.39 is 5.82 Å². The summed E-state index contributed by atoms with van der Waals surface area (Å²) in [5, 5.41) is 7.06. The van der Waals surface area contributed by atoms with Gasteiger partial charge in [-0.1, -0.05) is 0 Å². The van der Waals surface area contributed by atoms with Crippen molar-refractivity contribution in [2.75, 3.05) is 6.54 Å². The van der Waals surface area contributed by atoms with Crippen molar-refractivity contribution >= 4 is 28.5 Å². The van der Waals surface area contributed by atoms with Crippen LogP contribution in [0.4, 0.5) is 4.39 Å². The molecule has 1 N–H and O–H groups in total. The normalized spacial score (nSPS) is 14.2. The molecule has 1 aliphatic rings. The van der Waals surface area contributed by atoms with Crippen LogP contribution in [0.2, 0.25) is 0 Å². The van der Waals surface area contributed by atoms with Gasteiger partial charge in [0.25, 0.3) is 5.91 Å². The first-order valence-corrected chi connectivity index (χ1v) is 6.40. The number of fused-ring (bicyclic) bond motifs is 1. The summed E-state index contributed by atoms with van der Waals surface area (Å²) in [6.07, 6.45) is 2.65. The minimum atomic E-state index is -0.439. The minimum Gasteiger partial charge on any atom is -0.349 e. The second-order valence-corrected chi connectivity index (χ2v) is 4.92. The van der Waals surface area contributed by atoms with Crippen molar-refractivity contribution in [3.63, 3.8) is 0 Å². The Morgan fingerprint density at radius 2 is 2.33 bits per heavy atom. The molecule has 18 heavy (non-hydrogen) atoms. The molecule has 0 unspecified atom stereocenters. The first kappa shape index (κ1) is 11.6. The van der Waals surface area contributed by atoms with Crippen molar-refractivity contribution in [1.29, 1.82) is 0 Å². The van der Waals surface area contributed by atoms with Gasteiger partial charge in [0.1, 0.15) is 11.4 Å². The molecule has 2 aromatic rings. The van der Waals surface area contributed by atoms with Gasteiger partial charge < -0.3 is 5.32 Å². The van der Waals surface area contributed by atoms with Gasteiger partial charge in [0.05, 0.1) is 16.3 Å². The fraction of sp³-hybridized carbons (Fsp3) is 0.182. The molecule has 0 bridgehead atoms. The SMILES string of the molecule is O=C1NCCn2nc(-c3ccncc3F)c(I)c21. The molecule has 5 nitrogen and oxygen atoms in total. The molecular weight excluding hydrogens is 350 g/mol. The van der Waals surface area contributed by atoms with E-state index in [2.05, 4.69) is 15.4 Å². The molecule has 7 heteroatoms. The molecule has 1 amide bonds. The van der Waals surface area contributed by atoms with E-state index in [0.717, 1.165) is 6.20 Å². The summed E-state index contributed by atoms with van der Waals surface area (Å²) in [6.45, 7) is 1.14. The van der Waals surface area contributed by atoms with Crippen LogP contribution in [-0.2, 0) is 6.54 Å². The van der Waals surface area contributed by atoms with E-state index in [9.17, 15) is 9.18 Å². The molecule has 2 aromatic heterocycles. The number of nitrogens with one attached hydrogen (secondary N) is 1. The Balaban J connectivity index is 2.21. The average Bonchev–Trinajstić information content (AvgIpc) is 2.69. The standard InChI is InChI=1S/C11H8FIN4O/c12-7-5-14-2-1-6(7)9-8(13)10-11(18)15-3-4-17(10)16-9/h1-2,5H,3-4H2,(H,15,18). The summed E-state index contributed by atoms with van der Waals surface area (Å²) in [4.78, 5) is 15.5. The Hall–Kier alpha value is -1.51. The Kier molecular flexibility index (Phi) is 2.77. The zero-order valence-corrected chi connectivity index (χ0v) is 11.3. The highest BCUT2D eigenvalue weighted by Crippen LogP contribution is 2.29. The van der Waals surface area contributed by atoms with Crippen LogP contribution < -0.4 is 5.32 Å². The molecule has 92 valence electrons. The maximum absolute atomic E-state index is 13.7. The number of carbonyl (C=O) groups is 1. The van der Waals surface area contributed by atoms with E-state index in [-0.39, 0.29) is 5.91 Å². The second-order valence-electron chi connectivity index (χ2n) is 3.85. The number of rotatable bonds is 1. The summed E-state index contributed by atoms with van der Waals surface area (Å²) < 4.78 is 16.0. The zero-order valence-electron chi connectivity index (χ0n) is 9.15. The number of aromatic nitrogens is 3. The highest BCUT2D eigenvalue weighted by Gasteiger charge is 2.26. The van der Waals surface area contributed by atoms with Crippen LogP contribution in [0, 0.1) is 9.39 Å². The average molecular weight is 358 g/mol. The molecule has 1 aliphatic heterocycles. The van der Waals surface area contributed by atoms with Crippen molar-refractivity contribution in [2.45, 2.75) is 6.54 Å². The summed E-state index contributed by atoms with van der Waals surface area (Å²) in [6, 6.07) is 1.56. The van der Waals surface area contributed by atoms with Crippen molar-refractivity contribution in [1.82, 2.24) is 20.1 Å². The molecule has 0 aliphatic carbocycles. The van der Waals surface area contributed by atoms with Gasteiger partial charge in [0, 0.05) is 18.3 Å². The number of hydrogen-bond donors (Lipinski definition) is 1. The van der Waals surface area contributed by atoms with Crippen molar-refractivity contribution in [2.24, 2.45) is 0 Å². The first-order chi connectivity index (χ1) is 8.68. The fourth-order valence-electron chi connectivity index (χ4n) is 1.92. The maximum atomic E-state index is 13.7. The maximum Gasteiger partial charge on any atom is 0.270 e. The third kappa shape index (κ3) is 1.69. The van der Waals surface area contributed by atoms with Crippen LogP contribution in [0.1, 0.15) is 10.5 Å². The van der Waals surface area contributed by atoms with Gasteiger partial charge in [-0.3, -0.25) is 14.5 Å². The predicted molar refractivity (Wildman–Crippen MR) is 70.5 cm³/mol. The molecule has 0 atom stereocenters. The molecule has 3 rings (SSSR count). The number of pyridine rings is 1. The van der Waals surface area contributed by atoms with Crippen molar-refractivity contribution < 1.29 is 9.18 Å². The lowest BCUT2D eigenvalue weighted by atomic mass is 10.2. The lowest BCUT2D eigenvalue weighted by Crippen LogP contribution is -2.36.